The number of aromatic nitrogens is 2. The van der Waals surface area contributed by atoms with E-state index in [0.717, 1.165) is 10.9 Å². The van der Waals surface area contributed by atoms with Gasteiger partial charge in [0.15, 0.2) is 5.78 Å². The summed E-state index contributed by atoms with van der Waals surface area (Å²) in [7, 11) is 0. The Balaban J connectivity index is 2.44. The minimum absolute atomic E-state index is 0.0516. The van der Waals surface area contributed by atoms with Crippen LogP contribution in [0.3, 0.4) is 0 Å². The lowest BCUT2D eigenvalue weighted by Gasteiger charge is -2.05. The van der Waals surface area contributed by atoms with Crippen molar-refractivity contribution in [3.05, 3.63) is 39.4 Å². The lowest BCUT2D eigenvalue weighted by molar-refractivity contribution is -0.119. The Morgan fingerprint density at radius 3 is 2.94 bits per heavy atom. The Kier molecular flexibility index (Phi) is 3.91. The molecule has 5 heteroatoms. The van der Waals surface area contributed by atoms with Gasteiger partial charge in [-0.2, -0.15) is 0 Å². The topological polar surface area (TPSA) is 52.0 Å². The molecule has 0 aliphatic carbocycles. The quantitative estimate of drug-likeness (QED) is 0.872. The van der Waals surface area contributed by atoms with E-state index < -0.39 is 0 Å². The molecule has 0 fully saturated rings. The molecule has 0 amide bonds. The van der Waals surface area contributed by atoms with Crippen LogP contribution in [-0.2, 0) is 11.3 Å². The predicted molar refractivity (Wildman–Crippen MR) is 73.6 cm³/mol. The van der Waals surface area contributed by atoms with Gasteiger partial charge >= 0.3 is 0 Å². The number of halogens is 1. The summed E-state index contributed by atoms with van der Waals surface area (Å²) in [6, 6.07) is 5.34. The van der Waals surface area contributed by atoms with E-state index in [1.807, 2.05) is 13.0 Å². The molecule has 0 saturated carbocycles. The third kappa shape index (κ3) is 2.67. The summed E-state index contributed by atoms with van der Waals surface area (Å²) >= 11 is 3.32. The number of carbonyl (C=O) groups excluding carboxylic acids is 1. The highest BCUT2D eigenvalue weighted by molar-refractivity contribution is 9.10. The minimum Gasteiger partial charge on any atom is -0.298 e. The molecule has 0 atom stereocenters. The second-order valence-corrected chi connectivity index (χ2v) is 5.04. The van der Waals surface area contributed by atoms with Gasteiger partial charge in [0.05, 0.1) is 23.8 Å². The Hall–Kier alpha value is -1.49. The highest BCUT2D eigenvalue weighted by Crippen LogP contribution is 2.14. The molecule has 2 rings (SSSR count). The zero-order valence-electron chi connectivity index (χ0n) is 10.0. The van der Waals surface area contributed by atoms with Gasteiger partial charge in [0.25, 0.3) is 5.56 Å². The Labute approximate surface area is 113 Å². The lowest BCUT2D eigenvalue weighted by atomic mass is 10.2. The van der Waals surface area contributed by atoms with Crippen LogP contribution < -0.4 is 5.56 Å². The maximum Gasteiger partial charge on any atom is 0.261 e. The van der Waals surface area contributed by atoms with Crippen LogP contribution in [0.1, 0.15) is 19.8 Å². The average Bonchev–Trinajstić information content (AvgIpc) is 2.34. The normalized spacial score (nSPS) is 10.8. The van der Waals surface area contributed by atoms with Crippen molar-refractivity contribution in [2.45, 2.75) is 26.3 Å². The maximum atomic E-state index is 12.2. The summed E-state index contributed by atoms with van der Waals surface area (Å²) in [5.41, 5.74) is 0.466. The molecule has 0 aliphatic heterocycles. The summed E-state index contributed by atoms with van der Waals surface area (Å²) in [5.74, 6) is 0.0516. The van der Waals surface area contributed by atoms with Gasteiger partial charge in [-0.15, -0.1) is 0 Å². The van der Waals surface area contributed by atoms with Gasteiger partial charge in [0, 0.05) is 10.9 Å². The molecule has 0 aliphatic rings. The highest BCUT2D eigenvalue weighted by Gasteiger charge is 2.07. The van der Waals surface area contributed by atoms with Crippen molar-refractivity contribution in [3.63, 3.8) is 0 Å². The van der Waals surface area contributed by atoms with E-state index in [0.29, 0.717) is 17.3 Å². The largest absolute Gasteiger partial charge is 0.298 e. The number of hydrogen-bond donors (Lipinski definition) is 0. The van der Waals surface area contributed by atoms with Crippen LogP contribution in [0.4, 0.5) is 0 Å². The first-order chi connectivity index (χ1) is 8.61. The van der Waals surface area contributed by atoms with Crippen LogP contribution in [0, 0.1) is 0 Å². The van der Waals surface area contributed by atoms with Gasteiger partial charge in [-0.25, -0.2) is 4.98 Å². The number of hydrogen-bond acceptors (Lipinski definition) is 3. The second-order valence-electron chi connectivity index (χ2n) is 4.13. The summed E-state index contributed by atoms with van der Waals surface area (Å²) < 4.78 is 2.19. The second kappa shape index (κ2) is 5.44. The van der Waals surface area contributed by atoms with Crippen molar-refractivity contribution >= 4 is 32.6 Å². The summed E-state index contributed by atoms with van der Waals surface area (Å²) in [5, 5.41) is 0.524. The van der Waals surface area contributed by atoms with Gasteiger partial charge < -0.3 is 0 Å². The van der Waals surface area contributed by atoms with Crippen LogP contribution >= 0.6 is 15.9 Å². The molecule has 0 bridgehead atoms. The standard InChI is InChI=1S/C13H13BrN2O2/c1-2-3-10(17)7-16-8-15-12-5-4-9(14)6-11(12)13(16)18/h4-6,8H,2-3,7H2,1H3. The maximum absolute atomic E-state index is 12.2. The first-order valence-corrected chi connectivity index (χ1v) is 6.57. The van der Waals surface area contributed by atoms with Gasteiger partial charge in [-0.3, -0.25) is 14.2 Å². The molecule has 94 valence electrons. The number of fused-ring (bicyclic) bond motifs is 1. The minimum atomic E-state index is -0.175. The van der Waals surface area contributed by atoms with Crippen LogP contribution in [0.15, 0.2) is 33.8 Å². The third-order valence-corrected chi connectivity index (χ3v) is 3.15. The van der Waals surface area contributed by atoms with E-state index in [4.69, 9.17) is 0 Å². The molecule has 1 aromatic carbocycles. The van der Waals surface area contributed by atoms with E-state index in [1.165, 1.54) is 10.9 Å². The number of benzene rings is 1. The molecule has 18 heavy (non-hydrogen) atoms. The molecule has 0 radical (unpaired) electrons. The first kappa shape index (κ1) is 13.0. The fraction of sp³-hybridized carbons (Fsp3) is 0.308. The molecule has 0 saturated heterocycles. The molecule has 0 N–H and O–H groups in total. The summed E-state index contributed by atoms with van der Waals surface area (Å²) in [4.78, 5) is 27.9. The van der Waals surface area contributed by atoms with E-state index in [1.54, 1.807) is 12.1 Å². The molecule has 2 aromatic rings. The monoisotopic (exact) mass is 308 g/mol. The Morgan fingerprint density at radius 1 is 1.44 bits per heavy atom. The molecule has 0 unspecified atom stereocenters. The van der Waals surface area contributed by atoms with Crippen LogP contribution in [0.2, 0.25) is 0 Å². The van der Waals surface area contributed by atoms with E-state index in [-0.39, 0.29) is 17.9 Å². The third-order valence-electron chi connectivity index (χ3n) is 2.66. The number of nitrogens with zero attached hydrogens (tertiary/aromatic N) is 2. The van der Waals surface area contributed by atoms with Crippen LogP contribution in [0.5, 0.6) is 0 Å². The number of rotatable bonds is 4. The highest BCUT2D eigenvalue weighted by atomic mass is 79.9. The SMILES string of the molecule is CCCC(=O)Cn1cnc2ccc(Br)cc2c1=O. The number of ketones is 1. The average molecular weight is 309 g/mol. The summed E-state index contributed by atoms with van der Waals surface area (Å²) in [6.07, 6.45) is 2.72. The molecule has 1 heterocycles. The van der Waals surface area contributed by atoms with Crippen molar-refractivity contribution in [2.75, 3.05) is 0 Å². The van der Waals surface area contributed by atoms with E-state index in [9.17, 15) is 9.59 Å². The molecular formula is C13H13BrN2O2. The fourth-order valence-electron chi connectivity index (χ4n) is 1.79. The molecule has 1 aromatic heterocycles. The smallest absolute Gasteiger partial charge is 0.261 e. The van der Waals surface area contributed by atoms with Crippen LogP contribution in [0.25, 0.3) is 10.9 Å². The van der Waals surface area contributed by atoms with Crippen molar-refractivity contribution in [3.8, 4) is 0 Å². The van der Waals surface area contributed by atoms with Gasteiger partial charge in [0.2, 0.25) is 0 Å². The Bertz CT molecular complexity index is 649. The van der Waals surface area contributed by atoms with Crippen LogP contribution in [-0.4, -0.2) is 15.3 Å². The molecule has 4 nitrogen and oxygen atoms in total. The van der Waals surface area contributed by atoms with E-state index >= 15 is 0 Å². The summed E-state index contributed by atoms with van der Waals surface area (Å²) in [6.45, 7) is 2.04. The number of carbonyl (C=O) groups is 1. The van der Waals surface area contributed by atoms with Gasteiger partial charge in [-0.05, 0) is 24.6 Å². The fourth-order valence-corrected chi connectivity index (χ4v) is 2.15. The zero-order valence-corrected chi connectivity index (χ0v) is 11.6. The molecule has 0 spiro atoms. The van der Waals surface area contributed by atoms with Crippen molar-refractivity contribution < 1.29 is 4.79 Å². The number of Topliss-reactive ketones (excluding diaryl/α,β-unsaturated/α-hetero) is 1. The van der Waals surface area contributed by atoms with Crippen molar-refractivity contribution in [2.24, 2.45) is 0 Å². The lowest BCUT2D eigenvalue weighted by Crippen LogP contribution is -2.24. The van der Waals surface area contributed by atoms with E-state index in [2.05, 4.69) is 20.9 Å². The molecular weight excluding hydrogens is 296 g/mol. The predicted octanol–water partition coefficient (Wildman–Crippen LogP) is 2.53. The van der Waals surface area contributed by atoms with Crippen molar-refractivity contribution in [1.29, 1.82) is 0 Å². The van der Waals surface area contributed by atoms with Gasteiger partial charge in [-0.1, -0.05) is 22.9 Å². The Morgan fingerprint density at radius 2 is 2.22 bits per heavy atom. The zero-order chi connectivity index (χ0) is 13.1. The van der Waals surface area contributed by atoms with Crippen molar-refractivity contribution in [1.82, 2.24) is 9.55 Å². The first-order valence-electron chi connectivity index (χ1n) is 5.78. The van der Waals surface area contributed by atoms with Gasteiger partial charge in [0.1, 0.15) is 0 Å².